The lowest BCUT2D eigenvalue weighted by Gasteiger charge is -2.20. The smallest absolute Gasteiger partial charge is 0.224 e. The first-order valence-corrected chi connectivity index (χ1v) is 7.01. The lowest BCUT2D eigenvalue weighted by atomic mass is 10.0. The summed E-state index contributed by atoms with van der Waals surface area (Å²) in [6, 6.07) is 5.63. The predicted octanol–water partition coefficient (Wildman–Crippen LogP) is 3.26. The number of benzene rings is 1. The molecule has 0 saturated heterocycles. The average Bonchev–Trinajstić information content (AvgIpc) is 2.78. The van der Waals surface area contributed by atoms with Crippen LogP contribution in [-0.4, -0.2) is 24.3 Å². The molecule has 0 saturated carbocycles. The second-order valence-corrected chi connectivity index (χ2v) is 5.27. The number of carbonyl (C=O) groups is 2. The normalized spacial score (nSPS) is 16.3. The van der Waals surface area contributed by atoms with Crippen molar-refractivity contribution in [1.29, 1.82) is 0 Å². The van der Waals surface area contributed by atoms with Gasteiger partial charge in [-0.25, -0.2) is 0 Å². The Morgan fingerprint density at radius 2 is 2.24 bits per heavy atom. The molecule has 6 heteroatoms. The molecule has 0 bridgehead atoms. The molecule has 0 spiro atoms. The summed E-state index contributed by atoms with van der Waals surface area (Å²) in [6.07, 6.45) is 1.69. The first-order chi connectivity index (χ1) is 10.0. The number of hydrogen-bond donors (Lipinski definition) is 0. The molecule has 2 rings (SSSR count). The van der Waals surface area contributed by atoms with Gasteiger partial charge in [-0.3, -0.25) is 9.59 Å². The van der Waals surface area contributed by atoms with E-state index in [0.717, 1.165) is 17.7 Å². The molecular formula is C15H18N4O2. The Hall–Kier alpha value is -2.33. The van der Waals surface area contributed by atoms with Gasteiger partial charge in [-0.15, -0.1) is 0 Å². The molecule has 1 aliphatic heterocycles. The molecule has 1 heterocycles. The molecular weight excluding hydrogens is 268 g/mol. The third kappa shape index (κ3) is 3.23. The number of hydrogen-bond acceptors (Lipinski definition) is 3. The maximum atomic E-state index is 12.1. The van der Waals surface area contributed by atoms with Gasteiger partial charge in [-0.1, -0.05) is 5.11 Å². The van der Waals surface area contributed by atoms with Crippen molar-refractivity contribution in [2.24, 2.45) is 5.11 Å². The first kappa shape index (κ1) is 15.1. The summed E-state index contributed by atoms with van der Waals surface area (Å²) in [6.45, 7) is 3.89. The van der Waals surface area contributed by atoms with Crippen LogP contribution in [-0.2, 0) is 11.2 Å². The Kier molecular flexibility index (Phi) is 4.60. The summed E-state index contributed by atoms with van der Waals surface area (Å²) in [5.74, 6) is 0.0644. The van der Waals surface area contributed by atoms with Crippen LogP contribution in [0.2, 0.25) is 0 Å². The molecule has 0 aliphatic carbocycles. The summed E-state index contributed by atoms with van der Waals surface area (Å²) in [7, 11) is 0. The third-order valence-corrected chi connectivity index (χ3v) is 3.68. The summed E-state index contributed by atoms with van der Waals surface area (Å²) in [5, 5.41) is 3.42. The fourth-order valence-electron chi connectivity index (χ4n) is 2.78. The van der Waals surface area contributed by atoms with E-state index in [-0.39, 0.29) is 17.7 Å². The summed E-state index contributed by atoms with van der Waals surface area (Å²) < 4.78 is 0. The number of carbonyl (C=O) groups excluding carboxylic acids is 2. The molecule has 0 N–H and O–H groups in total. The van der Waals surface area contributed by atoms with Crippen LogP contribution >= 0.6 is 0 Å². The van der Waals surface area contributed by atoms with Crippen molar-refractivity contribution in [2.45, 2.75) is 39.2 Å². The number of rotatable bonds is 5. The van der Waals surface area contributed by atoms with Crippen LogP contribution in [0.3, 0.4) is 0 Å². The number of anilines is 1. The van der Waals surface area contributed by atoms with E-state index in [1.165, 1.54) is 0 Å². The van der Waals surface area contributed by atoms with E-state index < -0.39 is 0 Å². The molecule has 1 aromatic rings. The Bertz CT molecular complexity index is 620. The van der Waals surface area contributed by atoms with E-state index >= 15 is 0 Å². The van der Waals surface area contributed by atoms with Crippen molar-refractivity contribution in [3.63, 3.8) is 0 Å². The maximum absolute atomic E-state index is 12.1. The van der Waals surface area contributed by atoms with Crippen molar-refractivity contribution in [2.75, 3.05) is 11.4 Å². The maximum Gasteiger partial charge on any atom is 0.224 e. The fourth-order valence-corrected chi connectivity index (χ4v) is 2.78. The minimum absolute atomic E-state index is 0.0229. The zero-order chi connectivity index (χ0) is 15.4. The van der Waals surface area contributed by atoms with Crippen molar-refractivity contribution >= 4 is 17.4 Å². The van der Waals surface area contributed by atoms with Gasteiger partial charge in [-0.05, 0) is 49.1 Å². The molecule has 110 valence electrons. The van der Waals surface area contributed by atoms with Crippen LogP contribution in [0.5, 0.6) is 0 Å². The fraction of sp³-hybridized carbons (Fsp3) is 0.467. The van der Waals surface area contributed by atoms with Gasteiger partial charge in [0.05, 0.1) is 0 Å². The minimum atomic E-state index is 0.0229. The Labute approximate surface area is 123 Å². The van der Waals surface area contributed by atoms with Crippen LogP contribution in [0.15, 0.2) is 23.3 Å². The second kappa shape index (κ2) is 6.41. The number of nitrogens with zero attached hydrogens (tertiary/aromatic N) is 4. The van der Waals surface area contributed by atoms with Crippen molar-refractivity contribution in [3.05, 3.63) is 39.8 Å². The number of fused-ring (bicyclic) bond motifs is 1. The lowest BCUT2D eigenvalue weighted by molar-refractivity contribution is -0.116. The number of ketones is 1. The van der Waals surface area contributed by atoms with Crippen molar-refractivity contribution < 1.29 is 9.59 Å². The highest BCUT2D eigenvalue weighted by Crippen LogP contribution is 2.33. The van der Waals surface area contributed by atoms with Crippen LogP contribution in [0.1, 0.15) is 42.6 Å². The van der Waals surface area contributed by atoms with Gasteiger partial charge in [0.15, 0.2) is 5.78 Å². The molecule has 1 amide bonds. The highest BCUT2D eigenvalue weighted by molar-refractivity contribution is 5.99. The molecule has 0 radical (unpaired) electrons. The number of Topliss-reactive ketones (excluding diaryl/α,β-unsaturated/α-hetero) is 1. The van der Waals surface area contributed by atoms with Gasteiger partial charge in [0.1, 0.15) is 0 Å². The average molecular weight is 286 g/mol. The Balaban J connectivity index is 2.12. The largest absolute Gasteiger partial charge is 0.309 e. The molecule has 21 heavy (non-hydrogen) atoms. The number of amides is 1. The van der Waals surface area contributed by atoms with Gasteiger partial charge in [0.25, 0.3) is 0 Å². The molecule has 1 atom stereocenters. The van der Waals surface area contributed by atoms with Crippen LogP contribution in [0.25, 0.3) is 10.4 Å². The third-order valence-electron chi connectivity index (χ3n) is 3.68. The van der Waals surface area contributed by atoms with Crippen LogP contribution < -0.4 is 4.90 Å². The SMILES string of the molecule is CC(=O)N1c2ccc(C(=O)CCCN=[N+]=[N-])cc2CC1C. The zero-order valence-corrected chi connectivity index (χ0v) is 12.2. The lowest BCUT2D eigenvalue weighted by Crippen LogP contribution is -2.33. The van der Waals surface area contributed by atoms with Crippen molar-refractivity contribution in [1.82, 2.24) is 0 Å². The van der Waals surface area contributed by atoms with E-state index in [9.17, 15) is 9.59 Å². The second-order valence-electron chi connectivity index (χ2n) is 5.27. The van der Waals surface area contributed by atoms with Gasteiger partial charge in [0.2, 0.25) is 5.91 Å². The van der Waals surface area contributed by atoms with Gasteiger partial charge >= 0.3 is 0 Å². The molecule has 6 nitrogen and oxygen atoms in total. The highest BCUT2D eigenvalue weighted by atomic mass is 16.2. The highest BCUT2D eigenvalue weighted by Gasteiger charge is 2.29. The standard InChI is InChI=1S/C15H18N4O2/c1-10-8-13-9-12(15(21)4-3-7-17-18-16)5-6-14(13)19(10)11(2)20/h5-6,9-10H,3-4,7-8H2,1-2H3. The topological polar surface area (TPSA) is 86.1 Å². The molecule has 0 aromatic heterocycles. The van der Waals surface area contributed by atoms with E-state index in [1.54, 1.807) is 17.9 Å². The van der Waals surface area contributed by atoms with Crippen LogP contribution in [0.4, 0.5) is 5.69 Å². The Morgan fingerprint density at radius 1 is 1.48 bits per heavy atom. The molecule has 1 aliphatic rings. The molecule has 1 unspecified atom stereocenters. The molecule has 0 fully saturated rings. The van der Waals surface area contributed by atoms with Gasteiger partial charge < -0.3 is 4.90 Å². The zero-order valence-electron chi connectivity index (χ0n) is 12.2. The summed E-state index contributed by atoms with van der Waals surface area (Å²) in [5.41, 5.74) is 10.8. The van der Waals surface area contributed by atoms with E-state index in [1.807, 2.05) is 19.1 Å². The van der Waals surface area contributed by atoms with Crippen molar-refractivity contribution in [3.8, 4) is 0 Å². The van der Waals surface area contributed by atoms with E-state index in [4.69, 9.17) is 5.53 Å². The Morgan fingerprint density at radius 3 is 2.90 bits per heavy atom. The van der Waals surface area contributed by atoms with E-state index in [2.05, 4.69) is 10.0 Å². The number of azide groups is 1. The van der Waals surface area contributed by atoms with E-state index in [0.29, 0.717) is 24.9 Å². The monoisotopic (exact) mass is 286 g/mol. The van der Waals surface area contributed by atoms with Gasteiger partial charge in [-0.2, -0.15) is 0 Å². The van der Waals surface area contributed by atoms with Crippen LogP contribution in [0, 0.1) is 0 Å². The quantitative estimate of drug-likeness (QED) is 0.273. The molecule has 1 aromatic carbocycles. The summed E-state index contributed by atoms with van der Waals surface area (Å²) in [4.78, 5) is 28.2. The summed E-state index contributed by atoms with van der Waals surface area (Å²) >= 11 is 0. The van der Waals surface area contributed by atoms with Gasteiger partial charge in [0, 0.05) is 42.1 Å². The first-order valence-electron chi connectivity index (χ1n) is 7.01. The minimum Gasteiger partial charge on any atom is -0.309 e. The predicted molar refractivity (Wildman–Crippen MR) is 80.3 cm³/mol.